The third kappa shape index (κ3) is 2.85. The molecule has 1 aromatic carbocycles. The lowest BCUT2D eigenvalue weighted by atomic mass is 10.1. The topological polar surface area (TPSA) is 17.1 Å². The number of hydrogen-bond acceptors (Lipinski definition) is 1. The van der Waals surface area contributed by atoms with Crippen LogP contribution < -0.4 is 0 Å². The van der Waals surface area contributed by atoms with Crippen molar-refractivity contribution in [1.29, 1.82) is 0 Å². The zero-order chi connectivity index (χ0) is 12.1. The van der Waals surface area contributed by atoms with E-state index in [0.717, 1.165) is 24.0 Å². The number of carbonyl (C=O) groups is 1. The van der Waals surface area contributed by atoms with Gasteiger partial charge >= 0.3 is 0 Å². The SMILES string of the molecule is CCCCCC/C=C1\Cc2ccccc2C1=O. The molecule has 0 heterocycles. The van der Waals surface area contributed by atoms with E-state index in [-0.39, 0.29) is 5.78 Å². The predicted octanol–water partition coefficient (Wildman–Crippen LogP) is 4.32. The molecule has 0 bridgehead atoms. The summed E-state index contributed by atoms with van der Waals surface area (Å²) in [5.41, 5.74) is 3.10. The number of ketones is 1. The Kier molecular flexibility index (Phi) is 4.13. The van der Waals surface area contributed by atoms with Gasteiger partial charge in [0.05, 0.1) is 0 Å². The average molecular weight is 228 g/mol. The van der Waals surface area contributed by atoms with Crippen LogP contribution in [-0.2, 0) is 6.42 Å². The number of rotatable bonds is 5. The van der Waals surface area contributed by atoms with Crippen LogP contribution in [0.5, 0.6) is 0 Å². The van der Waals surface area contributed by atoms with Gasteiger partial charge in [-0.05, 0) is 18.4 Å². The first-order valence-corrected chi connectivity index (χ1v) is 6.64. The first kappa shape index (κ1) is 12.1. The molecule has 1 heteroatoms. The van der Waals surface area contributed by atoms with Gasteiger partial charge < -0.3 is 0 Å². The minimum absolute atomic E-state index is 0.246. The Labute approximate surface area is 104 Å². The zero-order valence-electron chi connectivity index (χ0n) is 10.5. The molecule has 0 N–H and O–H groups in total. The minimum Gasteiger partial charge on any atom is -0.289 e. The van der Waals surface area contributed by atoms with Gasteiger partial charge in [-0.1, -0.05) is 56.5 Å². The highest BCUT2D eigenvalue weighted by molar-refractivity contribution is 6.13. The summed E-state index contributed by atoms with van der Waals surface area (Å²) in [6.45, 7) is 2.22. The molecule has 17 heavy (non-hydrogen) atoms. The van der Waals surface area contributed by atoms with Gasteiger partial charge in [0.15, 0.2) is 5.78 Å². The summed E-state index contributed by atoms with van der Waals surface area (Å²) in [6.07, 6.45) is 9.09. The van der Waals surface area contributed by atoms with Crippen molar-refractivity contribution in [2.24, 2.45) is 0 Å². The molecule has 1 aliphatic rings. The highest BCUT2D eigenvalue weighted by Gasteiger charge is 2.23. The highest BCUT2D eigenvalue weighted by Crippen LogP contribution is 2.26. The third-order valence-corrected chi connectivity index (χ3v) is 3.38. The molecule has 0 unspecified atom stereocenters. The van der Waals surface area contributed by atoms with Gasteiger partial charge in [0.1, 0.15) is 0 Å². The molecule has 0 spiro atoms. The van der Waals surface area contributed by atoms with E-state index in [1.54, 1.807) is 0 Å². The van der Waals surface area contributed by atoms with Crippen molar-refractivity contribution in [3.63, 3.8) is 0 Å². The molecule has 0 aromatic heterocycles. The first-order valence-electron chi connectivity index (χ1n) is 6.64. The van der Waals surface area contributed by atoms with Crippen molar-refractivity contribution in [2.45, 2.75) is 45.4 Å². The van der Waals surface area contributed by atoms with Crippen LogP contribution in [0.1, 0.15) is 54.9 Å². The monoisotopic (exact) mass is 228 g/mol. The molecule has 1 aromatic rings. The quantitative estimate of drug-likeness (QED) is 0.541. The van der Waals surface area contributed by atoms with Gasteiger partial charge in [-0.2, -0.15) is 0 Å². The Morgan fingerprint density at radius 1 is 1.18 bits per heavy atom. The van der Waals surface area contributed by atoms with Crippen LogP contribution in [0.2, 0.25) is 0 Å². The van der Waals surface area contributed by atoms with Gasteiger partial charge in [0.25, 0.3) is 0 Å². The Balaban J connectivity index is 1.93. The summed E-state index contributed by atoms with van der Waals surface area (Å²) in [7, 11) is 0. The number of Topliss-reactive ketones (excluding diaryl/α,β-unsaturated/α-hetero) is 1. The summed E-state index contributed by atoms with van der Waals surface area (Å²) in [5.74, 6) is 0.246. The molecule has 0 fully saturated rings. The lowest BCUT2D eigenvalue weighted by Gasteiger charge is -1.97. The summed E-state index contributed by atoms with van der Waals surface area (Å²) in [4.78, 5) is 12.0. The smallest absolute Gasteiger partial charge is 0.189 e. The lowest BCUT2D eigenvalue weighted by Crippen LogP contribution is -1.95. The van der Waals surface area contributed by atoms with E-state index in [9.17, 15) is 4.79 Å². The van der Waals surface area contributed by atoms with Gasteiger partial charge in [0, 0.05) is 17.6 Å². The molecular formula is C16H20O. The lowest BCUT2D eigenvalue weighted by molar-refractivity contribution is 0.103. The largest absolute Gasteiger partial charge is 0.289 e. The second kappa shape index (κ2) is 5.81. The fourth-order valence-electron chi connectivity index (χ4n) is 2.37. The number of carbonyl (C=O) groups excluding carboxylic acids is 1. The van der Waals surface area contributed by atoms with Gasteiger partial charge in [-0.15, -0.1) is 0 Å². The Hall–Kier alpha value is -1.37. The molecule has 0 amide bonds. The highest BCUT2D eigenvalue weighted by atomic mass is 16.1. The van der Waals surface area contributed by atoms with Gasteiger partial charge in [-0.3, -0.25) is 4.79 Å². The Bertz CT molecular complexity index is 429. The second-order valence-corrected chi connectivity index (χ2v) is 4.74. The molecule has 0 radical (unpaired) electrons. The average Bonchev–Trinajstić information content (AvgIpc) is 2.67. The van der Waals surface area contributed by atoms with Crippen LogP contribution in [0.25, 0.3) is 0 Å². The van der Waals surface area contributed by atoms with Crippen molar-refractivity contribution in [2.75, 3.05) is 0 Å². The van der Waals surface area contributed by atoms with Gasteiger partial charge in [0.2, 0.25) is 0 Å². The maximum Gasteiger partial charge on any atom is 0.189 e. The molecular weight excluding hydrogens is 208 g/mol. The molecule has 2 rings (SSSR count). The summed E-state index contributed by atoms with van der Waals surface area (Å²) < 4.78 is 0. The van der Waals surface area contributed by atoms with Crippen molar-refractivity contribution in [3.8, 4) is 0 Å². The fourth-order valence-corrected chi connectivity index (χ4v) is 2.37. The number of fused-ring (bicyclic) bond motifs is 1. The number of allylic oxidation sites excluding steroid dienone is 2. The van der Waals surface area contributed by atoms with E-state index < -0.39 is 0 Å². The van der Waals surface area contributed by atoms with Crippen molar-refractivity contribution in [3.05, 3.63) is 47.0 Å². The molecule has 0 atom stereocenters. The zero-order valence-corrected chi connectivity index (χ0v) is 10.5. The molecule has 90 valence electrons. The normalized spacial score (nSPS) is 16.5. The molecule has 0 saturated heterocycles. The van der Waals surface area contributed by atoms with Crippen molar-refractivity contribution < 1.29 is 4.79 Å². The minimum atomic E-state index is 0.246. The molecule has 0 aliphatic heterocycles. The molecule has 1 aliphatic carbocycles. The van der Waals surface area contributed by atoms with E-state index in [4.69, 9.17) is 0 Å². The Morgan fingerprint density at radius 2 is 2.00 bits per heavy atom. The van der Waals surface area contributed by atoms with Crippen LogP contribution in [0, 0.1) is 0 Å². The van der Waals surface area contributed by atoms with E-state index in [1.165, 1.54) is 31.2 Å². The number of benzene rings is 1. The van der Waals surface area contributed by atoms with E-state index >= 15 is 0 Å². The van der Waals surface area contributed by atoms with Crippen molar-refractivity contribution >= 4 is 5.78 Å². The predicted molar refractivity (Wildman–Crippen MR) is 71.3 cm³/mol. The van der Waals surface area contributed by atoms with Crippen LogP contribution in [0.15, 0.2) is 35.9 Å². The van der Waals surface area contributed by atoms with Crippen molar-refractivity contribution in [1.82, 2.24) is 0 Å². The maximum absolute atomic E-state index is 12.0. The summed E-state index contributed by atoms with van der Waals surface area (Å²) in [5, 5.41) is 0. The van der Waals surface area contributed by atoms with E-state index in [0.29, 0.717) is 0 Å². The van der Waals surface area contributed by atoms with Crippen LogP contribution in [0.3, 0.4) is 0 Å². The third-order valence-electron chi connectivity index (χ3n) is 3.38. The fraction of sp³-hybridized carbons (Fsp3) is 0.438. The Morgan fingerprint density at radius 3 is 2.76 bits per heavy atom. The standard InChI is InChI=1S/C16H20O/c1-2-3-4-5-6-10-14-12-13-9-7-8-11-15(13)16(14)17/h7-11H,2-6,12H2,1H3/b14-10+. The summed E-state index contributed by atoms with van der Waals surface area (Å²) >= 11 is 0. The van der Waals surface area contributed by atoms with Crippen LogP contribution in [0.4, 0.5) is 0 Å². The summed E-state index contributed by atoms with van der Waals surface area (Å²) in [6, 6.07) is 7.96. The number of unbranched alkanes of at least 4 members (excludes halogenated alkanes) is 4. The molecule has 0 saturated carbocycles. The van der Waals surface area contributed by atoms with Gasteiger partial charge in [-0.25, -0.2) is 0 Å². The van der Waals surface area contributed by atoms with E-state index in [2.05, 4.69) is 19.1 Å². The molecule has 1 nitrogen and oxygen atoms in total. The maximum atomic E-state index is 12.0. The first-order chi connectivity index (χ1) is 8.33. The van der Waals surface area contributed by atoms with Crippen LogP contribution >= 0.6 is 0 Å². The van der Waals surface area contributed by atoms with Crippen LogP contribution in [-0.4, -0.2) is 5.78 Å². The van der Waals surface area contributed by atoms with E-state index in [1.807, 2.05) is 18.2 Å². The number of hydrogen-bond donors (Lipinski definition) is 0. The second-order valence-electron chi connectivity index (χ2n) is 4.74.